The van der Waals surface area contributed by atoms with E-state index in [0.29, 0.717) is 31.6 Å². The monoisotopic (exact) mass is 620 g/mol. The van der Waals surface area contributed by atoms with E-state index in [1.165, 1.54) is 5.56 Å². The second kappa shape index (κ2) is 12.3. The van der Waals surface area contributed by atoms with Gasteiger partial charge in [0.25, 0.3) is 0 Å². The summed E-state index contributed by atoms with van der Waals surface area (Å²) in [7, 11) is -7.56. The molecule has 0 amide bonds. The fraction of sp³-hybridized carbons (Fsp3) is 0.613. The van der Waals surface area contributed by atoms with Gasteiger partial charge in [0.15, 0.2) is 0 Å². The maximum atomic E-state index is 13.5. The first-order valence-corrected chi connectivity index (χ1v) is 19.1. The molecule has 3 fully saturated rings. The molecule has 3 aliphatic carbocycles. The summed E-state index contributed by atoms with van der Waals surface area (Å²) in [5.41, 5.74) is 1.47. The highest BCUT2D eigenvalue weighted by molar-refractivity contribution is 7.98. The molecule has 7 nitrogen and oxygen atoms in total. The van der Waals surface area contributed by atoms with Crippen LogP contribution >= 0.6 is 11.8 Å². The number of thioether (sulfide) groups is 1. The Bertz CT molecular complexity index is 1400. The van der Waals surface area contributed by atoms with Crippen molar-refractivity contribution in [2.24, 2.45) is 16.7 Å². The lowest BCUT2D eigenvalue weighted by molar-refractivity contribution is 0.0151. The normalized spacial score (nSPS) is 29.5. The van der Waals surface area contributed by atoms with Crippen molar-refractivity contribution in [1.82, 2.24) is 9.44 Å². The number of hydrogen-bond donors (Lipinski definition) is 3. The molecular formula is C31H44N2O5S3. The summed E-state index contributed by atoms with van der Waals surface area (Å²) < 4.78 is 59.3. The van der Waals surface area contributed by atoms with E-state index in [1.54, 1.807) is 12.1 Å². The molecule has 10 heteroatoms. The van der Waals surface area contributed by atoms with Crippen LogP contribution in [0.1, 0.15) is 69.9 Å². The minimum absolute atomic E-state index is 0.119. The van der Waals surface area contributed by atoms with Gasteiger partial charge in [-0.2, -0.15) is 11.8 Å². The van der Waals surface area contributed by atoms with Crippen molar-refractivity contribution in [3.05, 3.63) is 65.7 Å². The first-order chi connectivity index (χ1) is 19.4. The van der Waals surface area contributed by atoms with Crippen molar-refractivity contribution in [2.75, 3.05) is 11.5 Å². The zero-order valence-electron chi connectivity index (χ0n) is 24.1. The number of aliphatic hydroxyl groups excluding tert-OH is 1. The predicted molar refractivity (Wildman–Crippen MR) is 166 cm³/mol. The minimum atomic E-state index is -3.82. The molecule has 3 N–H and O–H groups in total. The lowest BCUT2D eigenvalue weighted by Gasteiger charge is -2.41. The topological polar surface area (TPSA) is 113 Å². The Morgan fingerprint density at radius 3 is 2.15 bits per heavy atom. The van der Waals surface area contributed by atoms with Crippen molar-refractivity contribution < 1.29 is 21.9 Å². The molecule has 41 heavy (non-hydrogen) atoms. The number of hydrogen-bond acceptors (Lipinski definition) is 6. The van der Waals surface area contributed by atoms with Crippen LogP contribution in [0.15, 0.2) is 59.5 Å². The molecule has 226 valence electrons. The Kier molecular flexibility index (Phi) is 9.29. The average Bonchev–Trinajstić information content (AvgIpc) is 3.27. The van der Waals surface area contributed by atoms with E-state index in [2.05, 4.69) is 35.4 Å². The number of fused-ring (bicyclic) bond motifs is 2. The molecule has 5 rings (SSSR count). The van der Waals surface area contributed by atoms with Gasteiger partial charge in [0, 0.05) is 23.3 Å². The SMILES string of the molecule is CC1(C)[C@@H]2CC[C@@]1(CS(=O)(=O)N[C@@H]1CCCC[C@H]1NS(=O)(=O)c1ccc(CCSCc3ccccc3)cc1)[C@H](O)C2. The summed E-state index contributed by atoms with van der Waals surface area (Å²) in [6.07, 6.45) is 5.35. The zero-order valence-corrected chi connectivity index (χ0v) is 26.5. The second-order valence-corrected chi connectivity index (χ2v) is 17.4. The summed E-state index contributed by atoms with van der Waals surface area (Å²) in [5, 5.41) is 10.8. The number of nitrogens with one attached hydrogen (secondary N) is 2. The quantitative estimate of drug-likeness (QED) is 0.292. The Morgan fingerprint density at radius 2 is 1.54 bits per heavy atom. The highest BCUT2D eigenvalue weighted by Crippen LogP contribution is 2.66. The molecular weight excluding hydrogens is 577 g/mol. The summed E-state index contributed by atoms with van der Waals surface area (Å²) in [4.78, 5) is 0.192. The molecule has 0 aromatic heterocycles. The van der Waals surface area contributed by atoms with E-state index in [9.17, 15) is 21.9 Å². The smallest absolute Gasteiger partial charge is 0.240 e. The Morgan fingerprint density at radius 1 is 0.878 bits per heavy atom. The van der Waals surface area contributed by atoms with Crippen LogP contribution in [0.5, 0.6) is 0 Å². The van der Waals surface area contributed by atoms with E-state index in [0.717, 1.165) is 42.8 Å². The van der Waals surface area contributed by atoms with Crippen molar-refractivity contribution in [1.29, 1.82) is 0 Å². The van der Waals surface area contributed by atoms with Gasteiger partial charge >= 0.3 is 0 Å². The van der Waals surface area contributed by atoms with Gasteiger partial charge in [-0.1, -0.05) is 69.2 Å². The fourth-order valence-corrected chi connectivity index (χ4v) is 11.9. The lowest BCUT2D eigenvalue weighted by atomic mass is 9.70. The van der Waals surface area contributed by atoms with E-state index in [-0.39, 0.29) is 16.1 Å². The average molecular weight is 621 g/mol. The maximum Gasteiger partial charge on any atom is 0.240 e. The number of aliphatic hydroxyl groups is 1. The van der Waals surface area contributed by atoms with Crippen LogP contribution in [-0.4, -0.2) is 51.6 Å². The molecule has 3 aliphatic rings. The van der Waals surface area contributed by atoms with Crippen LogP contribution in [0.3, 0.4) is 0 Å². The zero-order chi connectivity index (χ0) is 29.3. The van der Waals surface area contributed by atoms with E-state index in [1.807, 2.05) is 42.1 Å². The number of aryl methyl sites for hydroxylation is 1. The summed E-state index contributed by atoms with van der Waals surface area (Å²) in [5.74, 6) is 2.11. The van der Waals surface area contributed by atoms with E-state index in [4.69, 9.17) is 0 Å². The summed E-state index contributed by atoms with van der Waals surface area (Å²) in [6, 6.07) is 16.3. The molecule has 0 aliphatic heterocycles. The van der Waals surface area contributed by atoms with Crippen LogP contribution < -0.4 is 9.44 Å². The van der Waals surface area contributed by atoms with Gasteiger partial charge in [-0.05, 0) is 78.9 Å². The Balaban J connectivity index is 1.18. The van der Waals surface area contributed by atoms with Crippen LogP contribution in [0.4, 0.5) is 0 Å². The van der Waals surface area contributed by atoms with Gasteiger partial charge < -0.3 is 5.11 Å². The molecule has 0 saturated heterocycles. The van der Waals surface area contributed by atoms with Crippen molar-refractivity contribution in [2.45, 2.75) is 94.1 Å². The first-order valence-electron chi connectivity index (χ1n) is 14.8. The molecule has 0 heterocycles. The highest BCUT2D eigenvalue weighted by atomic mass is 32.2. The number of benzene rings is 2. The molecule has 2 aromatic carbocycles. The summed E-state index contributed by atoms with van der Waals surface area (Å²) >= 11 is 1.85. The third-order valence-electron chi connectivity index (χ3n) is 10.1. The molecule has 2 bridgehead atoms. The van der Waals surface area contributed by atoms with Crippen molar-refractivity contribution in [3.63, 3.8) is 0 Å². The Hall–Kier alpha value is -1.43. The maximum absolute atomic E-state index is 13.5. The standard InChI is InChI=1S/C31H44N2O5S3/c1-30(2)25-16-18-31(30,29(34)20-25)22-40(35,36)32-27-10-6-7-11-28(27)33-41(37,38)26-14-12-23(13-15-26)17-19-39-21-24-8-4-3-5-9-24/h3-5,8-9,12-15,25,27-29,32-34H,6-7,10-11,16-22H2,1-2H3/t25-,27-,28-,29-,31-/m1/s1. The molecule has 3 saturated carbocycles. The highest BCUT2D eigenvalue weighted by Gasteiger charge is 2.65. The molecule has 2 aromatic rings. The third-order valence-corrected chi connectivity index (χ3v) is 14.2. The van der Waals surface area contributed by atoms with Crippen molar-refractivity contribution >= 4 is 31.8 Å². The predicted octanol–water partition coefficient (Wildman–Crippen LogP) is 4.86. The van der Waals surface area contributed by atoms with Crippen LogP contribution in [-0.2, 0) is 32.2 Å². The second-order valence-electron chi connectivity index (χ2n) is 12.8. The van der Waals surface area contributed by atoms with Crippen molar-refractivity contribution in [3.8, 4) is 0 Å². The first kappa shape index (κ1) is 31.0. The molecule has 0 spiro atoms. The molecule has 0 radical (unpaired) electrons. The van der Waals surface area contributed by atoms with Crippen LogP contribution in [0.25, 0.3) is 0 Å². The summed E-state index contributed by atoms with van der Waals surface area (Å²) in [6.45, 7) is 4.17. The lowest BCUT2D eigenvalue weighted by Crippen LogP contribution is -2.55. The van der Waals surface area contributed by atoms with Crippen LogP contribution in [0, 0.1) is 16.7 Å². The van der Waals surface area contributed by atoms with Gasteiger partial charge in [0.05, 0.1) is 16.8 Å². The molecule has 5 atom stereocenters. The van der Waals surface area contributed by atoms with E-state index >= 15 is 0 Å². The fourth-order valence-electron chi connectivity index (χ4n) is 7.46. The Labute approximate surface area is 250 Å². The number of sulfonamides is 2. The third kappa shape index (κ3) is 6.73. The molecule has 0 unspecified atom stereocenters. The van der Waals surface area contributed by atoms with E-state index < -0.39 is 43.6 Å². The van der Waals surface area contributed by atoms with Gasteiger partial charge in [-0.15, -0.1) is 0 Å². The van der Waals surface area contributed by atoms with Gasteiger partial charge in [0.1, 0.15) is 0 Å². The largest absolute Gasteiger partial charge is 0.392 e. The van der Waals surface area contributed by atoms with Gasteiger partial charge in [-0.3, -0.25) is 0 Å². The van der Waals surface area contributed by atoms with Gasteiger partial charge in [-0.25, -0.2) is 26.3 Å². The van der Waals surface area contributed by atoms with Gasteiger partial charge in [0.2, 0.25) is 20.0 Å². The minimum Gasteiger partial charge on any atom is -0.392 e. The number of rotatable bonds is 12. The van der Waals surface area contributed by atoms with Crippen LogP contribution in [0.2, 0.25) is 0 Å².